The number of carbonyl (C=O) groups excluding carboxylic acids is 3. The second-order valence-electron chi connectivity index (χ2n) is 23.4. The highest BCUT2D eigenvalue weighted by atomic mass is 16.6. The Morgan fingerprint density at radius 3 is 0.759 bits per heavy atom. The molecule has 0 rings (SSSR count). The van der Waals surface area contributed by atoms with E-state index in [0.29, 0.717) is 19.3 Å². The molecule has 0 aliphatic rings. The van der Waals surface area contributed by atoms with Crippen LogP contribution >= 0.6 is 0 Å². The predicted octanol–water partition coefficient (Wildman–Crippen LogP) is 24.6. The maximum absolute atomic E-state index is 13.0. The molecule has 0 spiro atoms. The van der Waals surface area contributed by atoms with Crippen molar-refractivity contribution in [1.29, 1.82) is 0 Å². The van der Waals surface area contributed by atoms with Crippen LogP contribution in [-0.4, -0.2) is 37.2 Å². The standard InChI is InChI=1S/C77H132O6/c1-4-7-10-13-16-19-22-25-28-30-32-34-35-36-37-38-39-40-41-43-44-46-49-52-55-58-61-64-67-70-76(79)82-73-74(72-81-75(78)69-66-63-60-57-54-51-48-27-24-21-18-15-12-9-6-3)83-77(80)71-68-65-62-59-56-53-50-47-45-42-33-31-29-26-23-20-17-14-11-8-5-2/h7,9-10,12,16,18-19,21,25,27-28,32,34,36-37,48,54,57,74H,4-6,8,11,13-15,17,20,22-24,26,29-31,33,35,38-47,49-53,55-56,58-73H2,1-3H3/b10-7-,12-9-,19-16-,21-18-,28-25-,34-32-,37-36-,48-27-,57-54-. The summed E-state index contributed by atoms with van der Waals surface area (Å²) < 4.78 is 17.0. The van der Waals surface area contributed by atoms with Gasteiger partial charge in [0.05, 0.1) is 0 Å². The molecule has 6 heteroatoms. The van der Waals surface area contributed by atoms with E-state index in [0.717, 1.165) is 116 Å². The fourth-order valence-electron chi connectivity index (χ4n) is 10.1. The average molecular weight is 1150 g/mol. The molecule has 0 aromatic rings. The van der Waals surface area contributed by atoms with Gasteiger partial charge in [0.25, 0.3) is 0 Å². The monoisotopic (exact) mass is 1150 g/mol. The summed E-state index contributed by atoms with van der Waals surface area (Å²) in [5, 5.41) is 0. The fraction of sp³-hybridized carbons (Fsp3) is 0.727. The second kappa shape index (κ2) is 70.6. The van der Waals surface area contributed by atoms with Crippen molar-refractivity contribution < 1.29 is 28.6 Å². The summed E-state index contributed by atoms with van der Waals surface area (Å²) in [6.45, 7) is 6.42. The minimum atomic E-state index is -0.796. The Morgan fingerprint density at radius 2 is 0.470 bits per heavy atom. The summed E-state index contributed by atoms with van der Waals surface area (Å²) in [5.74, 6) is -0.917. The summed E-state index contributed by atoms with van der Waals surface area (Å²) in [4.78, 5) is 38.4. The van der Waals surface area contributed by atoms with Crippen LogP contribution in [0.2, 0.25) is 0 Å². The molecule has 0 fully saturated rings. The third-order valence-corrected chi connectivity index (χ3v) is 15.3. The molecule has 0 aliphatic carbocycles. The number of unbranched alkanes of at least 4 members (excludes halogenated alkanes) is 35. The molecule has 0 aromatic carbocycles. The summed E-state index contributed by atoms with van der Waals surface area (Å²) in [6, 6.07) is 0. The Balaban J connectivity index is 4.31. The molecule has 476 valence electrons. The zero-order chi connectivity index (χ0) is 59.9. The van der Waals surface area contributed by atoms with Crippen molar-refractivity contribution in [3.05, 3.63) is 109 Å². The van der Waals surface area contributed by atoms with E-state index in [-0.39, 0.29) is 31.1 Å². The van der Waals surface area contributed by atoms with Gasteiger partial charge in [-0.1, -0.05) is 329 Å². The number of allylic oxidation sites excluding steroid dienone is 18. The van der Waals surface area contributed by atoms with Crippen LogP contribution in [-0.2, 0) is 28.6 Å². The summed E-state index contributed by atoms with van der Waals surface area (Å²) >= 11 is 0. The minimum absolute atomic E-state index is 0.0892. The van der Waals surface area contributed by atoms with Gasteiger partial charge >= 0.3 is 17.9 Å². The molecular weight excluding hydrogens is 1020 g/mol. The number of rotatable bonds is 64. The van der Waals surface area contributed by atoms with Gasteiger partial charge in [0.1, 0.15) is 13.2 Å². The van der Waals surface area contributed by atoms with Gasteiger partial charge in [-0.3, -0.25) is 14.4 Å². The first-order chi connectivity index (χ1) is 41.0. The van der Waals surface area contributed by atoms with Gasteiger partial charge in [0.2, 0.25) is 0 Å². The van der Waals surface area contributed by atoms with Crippen LogP contribution in [0.3, 0.4) is 0 Å². The summed E-state index contributed by atoms with van der Waals surface area (Å²) in [7, 11) is 0. The largest absolute Gasteiger partial charge is 0.462 e. The number of esters is 3. The van der Waals surface area contributed by atoms with E-state index in [4.69, 9.17) is 14.2 Å². The SMILES string of the molecule is CC/C=C\C/C=C\C/C=C\C/C=C\C/C=C\CCCCCCCCCCCCCCCC(=O)OCC(COC(=O)CCCC/C=C\C/C=C\C/C=C\C/C=C\CC)OC(=O)CCCCCCCCCCCCCCCCCCCCCCC. The molecular formula is C77H132O6. The molecule has 0 aliphatic heterocycles. The number of hydrogen-bond acceptors (Lipinski definition) is 6. The first-order valence-corrected chi connectivity index (χ1v) is 35.4. The Kier molecular flexibility index (Phi) is 67.2. The molecule has 0 heterocycles. The first kappa shape index (κ1) is 79.1. The molecule has 1 atom stereocenters. The lowest BCUT2D eigenvalue weighted by atomic mass is 10.0. The first-order valence-electron chi connectivity index (χ1n) is 35.4. The van der Waals surface area contributed by atoms with Gasteiger partial charge in [-0.25, -0.2) is 0 Å². The second-order valence-corrected chi connectivity index (χ2v) is 23.4. The molecule has 0 aromatic heterocycles. The van der Waals surface area contributed by atoms with Crippen LogP contribution in [0.1, 0.15) is 342 Å². The third-order valence-electron chi connectivity index (χ3n) is 15.3. The lowest BCUT2D eigenvalue weighted by Crippen LogP contribution is -2.30. The van der Waals surface area contributed by atoms with Crippen molar-refractivity contribution in [1.82, 2.24) is 0 Å². The number of carbonyl (C=O) groups is 3. The van der Waals surface area contributed by atoms with Crippen LogP contribution in [0, 0.1) is 0 Å². The van der Waals surface area contributed by atoms with Gasteiger partial charge in [0, 0.05) is 19.3 Å². The molecule has 0 amide bonds. The van der Waals surface area contributed by atoms with Crippen LogP contribution in [0.15, 0.2) is 109 Å². The topological polar surface area (TPSA) is 78.9 Å². The maximum atomic E-state index is 13.0. The predicted molar refractivity (Wildman–Crippen MR) is 362 cm³/mol. The van der Waals surface area contributed by atoms with Crippen molar-refractivity contribution in [2.75, 3.05) is 13.2 Å². The van der Waals surface area contributed by atoms with E-state index in [1.165, 1.54) is 186 Å². The summed E-state index contributed by atoms with van der Waals surface area (Å²) in [6.07, 6.45) is 96.9. The van der Waals surface area contributed by atoms with Crippen LogP contribution < -0.4 is 0 Å². The number of hydrogen-bond donors (Lipinski definition) is 0. The molecule has 83 heavy (non-hydrogen) atoms. The molecule has 0 saturated carbocycles. The zero-order valence-electron chi connectivity index (χ0n) is 54.7. The van der Waals surface area contributed by atoms with Crippen molar-refractivity contribution >= 4 is 17.9 Å². The molecule has 6 nitrogen and oxygen atoms in total. The highest BCUT2D eigenvalue weighted by molar-refractivity contribution is 5.71. The van der Waals surface area contributed by atoms with Gasteiger partial charge in [0.15, 0.2) is 6.10 Å². The smallest absolute Gasteiger partial charge is 0.306 e. The summed E-state index contributed by atoms with van der Waals surface area (Å²) in [5.41, 5.74) is 0. The Hall–Kier alpha value is -3.93. The van der Waals surface area contributed by atoms with E-state index in [1.54, 1.807) is 0 Å². The van der Waals surface area contributed by atoms with E-state index in [2.05, 4.69) is 130 Å². The zero-order valence-corrected chi connectivity index (χ0v) is 54.7. The van der Waals surface area contributed by atoms with E-state index in [9.17, 15) is 14.4 Å². The Bertz CT molecular complexity index is 1660. The normalized spacial score (nSPS) is 12.8. The van der Waals surface area contributed by atoms with E-state index in [1.807, 2.05) is 0 Å². The Morgan fingerprint density at radius 1 is 0.253 bits per heavy atom. The molecule has 0 saturated heterocycles. The fourth-order valence-corrected chi connectivity index (χ4v) is 10.1. The molecule has 0 N–H and O–H groups in total. The van der Waals surface area contributed by atoms with Crippen molar-refractivity contribution in [2.45, 2.75) is 348 Å². The minimum Gasteiger partial charge on any atom is -0.462 e. The van der Waals surface area contributed by atoms with Gasteiger partial charge in [-0.05, 0) is 103 Å². The Labute approximate surface area is 514 Å². The molecule has 0 bridgehead atoms. The highest BCUT2D eigenvalue weighted by Crippen LogP contribution is 2.18. The van der Waals surface area contributed by atoms with Gasteiger partial charge in [-0.15, -0.1) is 0 Å². The van der Waals surface area contributed by atoms with Crippen molar-refractivity contribution in [2.24, 2.45) is 0 Å². The quantitative estimate of drug-likeness (QED) is 0.0261. The van der Waals surface area contributed by atoms with Crippen LogP contribution in [0.5, 0.6) is 0 Å². The third kappa shape index (κ3) is 68.7. The van der Waals surface area contributed by atoms with E-state index >= 15 is 0 Å². The van der Waals surface area contributed by atoms with E-state index < -0.39 is 6.10 Å². The van der Waals surface area contributed by atoms with Crippen molar-refractivity contribution in [3.63, 3.8) is 0 Å². The molecule has 0 radical (unpaired) electrons. The maximum Gasteiger partial charge on any atom is 0.306 e. The van der Waals surface area contributed by atoms with Crippen LogP contribution in [0.4, 0.5) is 0 Å². The van der Waals surface area contributed by atoms with Crippen LogP contribution in [0.25, 0.3) is 0 Å². The van der Waals surface area contributed by atoms with Gasteiger partial charge < -0.3 is 14.2 Å². The average Bonchev–Trinajstić information content (AvgIpc) is 3.49. The van der Waals surface area contributed by atoms with Gasteiger partial charge in [-0.2, -0.15) is 0 Å². The lowest BCUT2D eigenvalue weighted by Gasteiger charge is -2.18. The number of ether oxygens (including phenoxy) is 3. The molecule has 1 unspecified atom stereocenters. The van der Waals surface area contributed by atoms with Crippen molar-refractivity contribution in [3.8, 4) is 0 Å². The lowest BCUT2D eigenvalue weighted by molar-refractivity contribution is -0.167. The highest BCUT2D eigenvalue weighted by Gasteiger charge is 2.19.